The van der Waals surface area contributed by atoms with E-state index >= 15 is 0 Å². The molecular formula is C19H29BrN2O. The minimum atomic E-state index is -0.273. The molecule has 3 nitrogen and oxygen atoms in total. The lowest BCUT2D eigenvalue weighted by Crippen LogP contribution is -2.46. The number of halogens is 1. The number of β-amino-alcohol motifs (C(OH)–C–C–N with tert-alkyl or cyclic N) is 1. The van der Waals surface area contributed by atoms with Gasteiger partial charge in [0.1, 0.15) is 0 Å². The van der Waals surface area contributed by atoms with Crippen LogP contribution in [0.3, 0.4) is 0 Å². The summed E-state index contributed by atoms with van der Waals surface area (Å²) in [5, 5.41) is 13.7. The smallest absolute Gasteiger partial charge is 0.0791 e. The predicted molar refractivity (Wildman–Crippen MR) is 98.4 cm³/mol. The topological polar surface area (TPSA) is 35.5 Å². The van der Waals surface area contributed by atoms with Crippen LogP contribution in [0.1, 0.15) is 37.7 Å². The van der Waals surface area contributed by atoms with Crippen molar-refractivity contribution in [3.8, 4) is 0 Å². The van der Waals surface area contributed by atoms with E-state index in [0.717, 1.165) is 29.4 Å². The minimum Gasteiger partial charge on any atom is -0.390 e. The lowest BCUT2D eigenvalue weighted by atomic mass is 9.75. The molecule has 0 bridgehead atoms. The number of piperidine rings is 1. The van der Waals surface area contributed by atoms with E-state index in [1.54, 1.807) is 0 Å². The van der Waals surface area contributed by atoms with Crippen molar-refractivity contribution in [1.82, 2.24) is 10.2 Å². The van der Waals surface area contributed by atoms with Gasteiger partial charge in [0.25, 0.3) is 0 Å². The van der Waals surface area contributed by atoms with E-state index in [2.05, 4.69) is 50.4 Å². The zero-order valence-electron chi connectivity index (χ0n) is 13.9. The van der Waals surface area contributed by atoms with Crippen LogP contribution in [0.5, 0.6) is 0 Å². The van der Waals surface area contributed by atoms with Crippen LogP contribution in [0.4, 0.5) is 0 Å². The summed E-state index contributed by atoms with van der Waals surface area (Å²) in [6, 6.07) is 8.33. The normalized spacial score (nSPS) is 26.7. The first-order valence-electron chi connectivity index (χ1n) is 9.06. The van der Waals surface area contributed by atoms with Gasteiger partial charge in [0, 0.05) is 30.7 Å². The molecule has 4 heteroatoms. The van der Waals surface area contributed by atoms with Crippen LogP contribution in [0.25, 0.3) is 0 Å². The van der Waals surface area contributed by atoms with Crippen LogP contribution in [0.2, 0.25) is 0 Å². The van der Waals surface area contributed by atoms with E-state index < -0.39 is 0 Å². The highest BCUT2D eigenvalue weighted by atomic mass is 79.9. The van der Waals surface area contributed by atoms with Gasteiger partial charge < -0.3 is 15.3 Å². The summed E-state index contributed by atoms with van der Waals surface area (Å²) in [5.74, 6) is 1.85. The molecule has 1 heterocycles. The second kappa shape index (κ2) is 8.61. The molecule has 2 N–H and O–H groups in total. The Bertz CT molecular complexity index is 479. The van der Waals surface area contributed by atoms with Gasteiger partial charge >= 0.3 is 0 Å². The van der Waals surface area contributed by atoms with E-state index in [-0.39, 0.29) is 6.10 Å². The average Bonchev–Trinajstić information content (AvgIpc) is 2.56. The zero-order valence-corrected chi connectivity index (χ0v) is 15.5. The van der Waals surface area contributed by atoms with Crippen molar-refractivity contribution in [2.75, 3.05) is 26.2 Å². The number of nitrogens with one attached hydrogen (secondary N) is 1. The molecule has 1 saturated carbocycles. The number of fused-ring (bicyclic) bond motifs is 1. The molecule has 1 aliphatic heterocycles. The van der Waals surface area contributed by atoms with E-state index in [9.17, 15) is 5.11 Å². The number of aliphatic hydroxyl groups excluding tert-OH is 1. The zero-order chi connectivity index (χ0) is 16.1. The monoisotopic (exact) mass is 380 g/mol. The van der Waals surface area contributed by atoms with E-state index in [0.29, 0.717) is 6.54 Å². The Morgan fingerprint density at radius 2 is 1.87 bits per heavy atom. The number of aliphatic hydroxyl groups is 1. The lowest BCUT2D eigenvalue weighted by Gasteiger charge is -2.41. The number of hydrogen-bond donors (Lipinski definition) is 2. The third kappa shape index (κ3) is 5.28. The Morgan fingerprint density at radius 1 is 1.13 bits per heavy atom. The van der Waals surface area contributed by atoms with Crippen molar-refractivity contribution < 1.29 is 5.11 Å². The molecule has 0 radical (unpaired) electrons. The first-order valence-corrected chi connectivity index (χ1v) is 9.85. The molecule has 0 spiro atoms. The van der Waals surface area contributed by atoms with Gasteiger partial charge in [-0.1, -0.05) is 47.3 Å². The molecule has 0 amide bonds. The van der Waals surface area contributed by atoms with Gasteiger partial charge in [0.2, 0.25) is 0 Å². The average molecular weight is 381 g/mol. The van der Waals surface area contributed by atoms with Crippen LogP contribution >= 0.6 is 15.9 Å². The molecule has 3 atom stereocenters. The van der Waals surface area contributed by atoms with Crippen molar-refractivity contribution in [2.45, 2.75) is 44.8 Å². The lowest BCUT2D eigenvalue weighted by molar-refractivity contribution is 0.0463. The summed E-state index contributed by atoms with van der Waals surface area (Å²) in [7, 11) is 0. The Hall–Kier alpha value is -0.420. The molecule has 3 rings (SSSR count). The maximum absolute atomic E-state index is 10.3. The Morgan fingerprint density at radius 3 is 2.65 bits per heavy atom. The fourth-order valence-corrected chi connectivity index (χ4v) is 4.45. The molecule has 2 aliphatic rings. The third-order valence-electron chi connectivity index (χ3n) is 5.47. The number of benzene rings is 1. The Labute approximate surface area is 148 Å². The fourth-order valence-electron chi connectivity index (χ4n) is 4.19. The molecule has 2 fully saturated rings. The number of nitrogens with zero attached hydrogens (tertiary/aromatic N) is 1. The molecule has 1 aromatic rings. The number of likely N-dealkylation sites (tertiary alicyclic amines) is 1. The van der Waals surface area contributed by atoms with Crippen molar-refractivity contribution in [1.29, 1.82) is 0 Å². The van der Waals surface area contributed by atoms with Crippen molar-refractivity contribution in [2.24, 2.45) is 11.8 Å². The van der Waals surface area contributed by atoms with Crippen molar-refractivity contribution >= 4 is 15.9 Å². The number of hydrogen-bond acceptors (Lipinski definition) is 3. The summed E-state index contributed by atoms with van der Waals surface area (Å²) in [5.41, 5.74) is 1.25. The standard InChI is InChI=1S/C19H29BrN2O/c20-18-7-5-15(6-8-18)11-21-12-19(23)14-22-10-9-16-3-1-2-4-17(16)13-22/h5-8,16-17,19,21,23H,1-4,9-14H2/t16-,17+,19+/m0/s1. The molecule has 128 valence electrons. The van der Waals surface area contributed by atoms with Crippen LogP contribution in [0, 0.1) is 11.8 Å². The van der Waals surface area contributed by atoms with E-state index in [1.165, 1.54) is 50.8 Å². The first-order chi connectivity index (χ1) is 11.2. The maximum Gasteiger partial charge on any atom is 0.0791 e. The van der Waals surface area contributed by atoms with Gasteiger partial charge in [0.15, 0.2) is 0 Å². The summed E-state index contributed by atoms with van der Waals surface area (Å²) < 4.78 is 1.10. The van der Waals surface area contributed by atoms with E-state index in [4.69, 9.17) is 0 Å². The Balaban J connectivity index is 1.36. The number of rotatable bonds is 6. The van der Waals surface area contributed by atoms with Gasteiger partial charge in [0.05, 0.1) is 6.10 Å². The summed E-state index contributed by atoms with van der Waals surface area (Å²) in [6.07, 6.45) is 6.75. The van der Waals surface area contributed by atoms with Crippen LogP contribution in [-0.4, -0.2) is 42.3 Å². The van der Waals surface area contributed by atoms with Crippen molar-refractivity contribution in [3.05, 3.63) is 34.3 Å². The highest BCUT2D eigenvalue weighted by molar-refractivity contribution is 9.10. The Kier molecular flexibility index (Phi) is 6.52. The molecule has 1 aromatic carbocycles. The van der Waals surface area contributed by atoms with Crippen LogP contribution in [-0.2, 0) is 6.54 Å². The van der Waals surface area contributed by atoms with Gasteiger partial charge in [-0.25, -0.2) is 0 Å². The minimum absolute atomic E-state index is 0.273. The maximum atomic E-state index is 10.3. The third-order valence-corrected chi connectivity index (χ3v) is 6.00. The largest absolute Gasteiger partial charge is 0.390 e. The summed E-state index contributed by atoms with van der Waals surface area (Å²) in [6.45, 7) is 4.67. The fraction of sp³-hybridized carbons (Fsp3) is 0.684. The highest BCUT2D eigenvalue weighted by Crippen LogP contribution is 2.35. The molecular weight excluding hydrogens is 352 g/mol. The molecule has 23 heavy (non-hydrogen) atoms. The molecule has 0 aromatic heterocycles. The van der Waals surface area contributed by atoms with Gasteiger partial charge in [-0.2, -0.15) is 0 Å². The molecule has 1 aliphatic carbocycles. The van der Waals surface area contributed by atoms with Crippen LogP contribution in [0.15, 0.2) is 28.7 Å². The van der Waals surface area contributed by atoms with Gasteiger partial charge in [-0.05, 0) is 48.9 Å². The van der Waals surface area contributed by atoms with Crippen molar-refractivity contribution in [3.63, 3.8) is 0 Å². The molecule has 0 unspecified atom stereocenters. The van der Waals surface area contributed by atoms with Gasteiger partial charge in [-0.3, -0.25) is 0 Å². The quantitative estimate of drug-likeness (QED) is 0.793. The molecule has 1 saturated heterocycles. The van der Waals surface area contributed by atoms with E-state index in [1.807, 2.05) is 0 Å². The van der Waals surface area contributed by atoms with Gasteiger partial charge in [-0.15, -0.1) is 0 Å². The SMILES string of the molecule is O[C@H](CNCc1ccc(Br)cc1)CN1CC[C@@H]2CCCC[C@@H]2C1. The van der Waals surface area contributed by atoms with Crippen LogP contribution < -0.4 is 5.32 Å². The second-order valence-corrected chi connectivity index (χ2v) is 8.18. The summed E-state index contributed by atoms with van der Waals surface area (Å²) in [4.78, 5) is 2.48. The second-order valence-electron chi connectivity index (χ2n) is 7.26. The summed E-state index contributed by atoms with van der Waals surface area (Å²) >= 11 is 3.45. The highest BCUT2D eigenvalue weighted by Gasteiger charge is 2.31. The predicted octanol–water partition coefficient (Wildman–Crippen LogP) is 3.41. The first kappa shape index (κ1) is 17.4.